The van der Waals surface area contributed by atoms with Crippen LogP contribution in [0.2, 0.25) is 5.02 Å². The standard InChI is InChI=1S/C11H10ClFN4/c1-6-4-7(13)2-3-9(6)16-10-8(12)5-15-11(14)17-10/h2-5H,1H3,(H3,14,15,16,17). The molecule has 17 heavy (non-hydrogen) atoms. The fourth-order valence-electron chi connectivity index (χ4n) is 1.36. The minimum absolute atomic E-state index is 0.122. The van der Waals surface area contributed by atoms with Gasteiger partial charge in [-0.3, -0.25) is 0 Å². The van der Waals surface area contributed by atoms with Gasteiger partial charge in [-0.1, -0.05) is 11.6 Å². The molecule has 4 nitrogen and oxygen atoms in total. The molecule has 0 aliphatic heterocycles. The fraction of sp³-hybridized carbons (Fsp3) is 0.0909. The zero-order chi connectivity index (χ0) is 12.4. The van der Waals surface area contributed by atoms with E-state index in [0.717, 1.165) is 5.56 Å². The third-order valence-electron chi connectivity index (χ3n) is 2.20. The summed E-state index contributed by atoms with van der Waals surface area (Å²) in [4.78, 5) is 7.71. The topological polar surface area (TPSA) is 63.8 Å². The molecule has 0 amide bonds. The molecule has 1 heterocycles. The van der Waals surface area contributed by atoms with Crippen LogP contribution in [0.1, 0.15) is 5.56 Å². The van der Waals surface area contributed by atoms with Gasteiger partial charge < -0.3 is 11.1 Å². The number of anilines is 3. The summed E-state index contributed by atoms with van der Waals surface area (Å²) in [5, 5.41) is 3.33. The number of halogens is 2. The van der Waals surface area contributed by atoms with E-state index < -0.39 is 0 Å². The molecule has 2 aromatic rings. The molecule has 0 saturated heterocycles. The number of hydrogen-bond donors (Lipinski definition) is 2. The molecule has 88 valence electrons. The van der Waals surface area contributed by atoms with Crippen LogP contribution >= 0.6 is 11.6 Å². The second kappa shape index (κ2) is 4.55. The number of aryl methyl sites for hydroxylation is 1. The van der Waals surface area contributed by atoms with Gasteiger partial charge in [0.1, 0.15) is 10.8 Å². The summed E-state index contributed by atoms with van der Waals surface area (Å²) in [6.45, 7) is 1.78. The molecule has 0 unspecified atom stereocenters. The van der Waals surface area contributed by atoms with Gasteiger partial charge in [-0.05, 0) is 30.7 Å². The van der Waals surface area contributed by atoms with Crippen molar-refractivity contribution in [1.29, 1.82) is 0 Å². The van der Waals surface area contributed by atoms with Crippen molar-refractivity contribution in [2.45, 2.75) is 6.92 Å². The van der Waals surface area contributed by atoms with Gasteiger partial charge in [0.05, 0.1) is 6.20 Å². The second-order valence-corrected chi connectivity index (χ2v) is 3.92. The first-order valence-corrected chi connectivity index (χ1v) is 5.25. The summed E-state index contributed by atoms with van der Waals surface area (Å²) in [6, 6.07) is 4.38. The molecule has 0 aliphatic carbocycles. The quantitative estimate of drug-likeness (QED) is 0.863. The highest BCUT2D eigenvalue weighted by atomic mass is 35.5. The van der Waals surface area contributed by atoms with E-state index in [2.05, 4.69) is 15.3 Å². The predicted molar refractivity (Wildman–Crippen MR) is 65.9 cm³/mol. The molecule has 2 rings (SSSR count). The SMILES string of the molecule is Cc1cc(F)ccc1Nc1nc(N)ncc1Cl. The van der Waals surface area contributed by atoms with E-state index in [4.69, 9.17) is 17.3 Å². The lowest BCUT2D eigenvalue weighted by atomic mass is 10.2. The van der Waals surface area contributed by atoms with Crippen molar-refractivity contribution < 1.29 is 4.39 Å². The van der Waals surface area contributed by atoms with Crippen LogP contribution in [0.5, 0.6) is 0 Å². The van der Waals surface area contributed by atoms with Crippen LogP contribution in [-0.4, -0.2) is 9.97 Å². The fourth-order valence-corrected chi connectivity index (χ4v) is 1.50. The largest absolute Gasteiger partial charge is 0.368 e. The maximum Gasteiger partial charge on any atom is 0.222 e. The molecule has 0 saturated carbocycles. The Balaban J connectivity index is 2.34. The summed E-state index contributed by atoms with van der Waals surface area (Å²) < 4.78 is 12.9. The molecule has 0 atom stereocenters. The highest BCUT2D eigenvalue weighted by molar-refractivity contribution is 6.32. The average molecular weight is 253 g/mol. The molecule has 0 spiro atoms. The minimum atomic E-state index is -0.290. The zero-order valence-corrected chi connectivity index (χ0v) is 9.79. The average Bonchev–Trinajstić information content (AvgIpc) is 2.27. The van der Waals surface area contributed by atoms with E-state index in [0.29, 0.717) is 16.5 Å². The van der Waals surface area contributed by atoms with Gasteiger partial charge >= 0.3 is 0 Å². The number of nitrogens with zero attached hydrogens (tertiary/aromatic N) is 2. The number of nitrogen functional groups attached to an aromatic ring is 1. The Bertz CT molecular complexity index is 559. The Morgan fingerprint density at radius 2 is 2.18 bits per heavy atom. The van der Waals surface area contributed by atoms with E-state index in [-0.39, 0.29) is 11.8 Å². The Hall–Kier alpha value is -1.88. The van der Waals surface area contributed by atoms with Crippen LogP contribution < -0.4 is 11.1 Å². The molecule has 1 aromatic carbocycles. The van der Waals surface area contributed by atoms with E-state index in [1.54, 1.807) is 13.0 Å². The number of nitrogens with two attached hydrogens (primary N) is 1. The monoisotopic (exact) mass is 252 g/mol. The molecule has 0 fully saturated rings. The Morgan fingerprint density at radius 3 is 2.88 bits per heavy atom. The first-order chi connectivity index (χ1) is 8.06. The summed E-state index contributed by atoms with van der Waals surface area (Å²) in [7, 11) is 0. The number of aromatic nitrogens is 2. The van der Waals surface area contributed by atoms with Crippen molar-refractivity contribution in [2.24, 2.45) is 0 Å². The van der Waals surface area contributed by atoms with Crippen molar-refractivity contribution >= 4 is 29.1 Å². The van der Waals surface area contributed by atoms with Crippen molar-refractivity contribution in [3.63, 3.8) is 0 Å². The molecular formula is C11H10ClFN4. The number of hydrogen-bond acceptors (Lipinski definition) is 4. The first-order valence-electron chi connectivity index (χ1n) is 4.87. The van der Waals surface area contributed by atoms with Crippen LogP contribution in [0.15, 0.2) is 24.4 Å². The highest BCUT2D eigenvalue weighted by Crippen LogP contribution is 2.25. The number of rotatable bonds is 2. The van der Waals surface area contributed by atoms with E-state index in [1.165, 1.54) is 18.3 Å². The molecule has 1 aromatic heterocycles. The zero-order valence-electron chi connectivity index (χ0n) is 9.04. The Kier molecular flexibility index (Phi) is 3.10. The molecular weight excluding hydrogens is 243 g/mol. The van der Waals surface area contributed by atoms with Crippen LogP contribution in [0.25, 0.3) is 0 Å². The predicted octanol–water partition coefficient (Wildman–Crippen LogP) is 2.90. The van der Waals surface area contributed by atoms with Crippen LogP contribution in [0, 0.1) is 12.7 Å². The van der Waals surface area contributed by atoms with Gasteiger partial charge in [0.25, 0.3) is 0 Å². The van der Waals surface area contributed by atoms with Crippen molar-refractivity contribution in [3.05, 3.63) is 40.8 Å². The normalized spacial score (nSPS) is 10.3. The van der Waals surface area contributed by atoms with Gasteiger partial charge in [0.2, 0.25) is 5.95 Å². The number of nitrogens with one attached hydrogen (secondary N) is 1. The molecule has 0 bridgehead atoms. The minimum Gasteiger partial charge on any atom is -0.368 e. The van der Waals surface area contributed by atoms with E-state index in [1.807, 2.05) is 0 Å². The lowest BCUT2D eigenvalue weighted by Crippen LogP contribution is -2.01. The Labute approximate surface area is 103 Å². The lowest BCUT2D eigenvalue weighted by Gasteiger charge is -2.10. The second-order valence-electron chi connectivity index (χ2n) is 3.51. The van der Waals surface area contributed by atoms with Crippen molar-refractivity contribution in [3.8, 4) is 0 Å². The molecule has 0 aliphatic rings. The lowest BCUT2D eigenvalue weighted by molar-refractivity contribution is 0.627. The molecule has 6 heteroatoms. The van der Waals surface area contributed by atoms with Crippen LogP contribution in [-0.2, 0) is 0 Å². The summed E-state index contributed by atoms with van der Waals surface area (Å²) in [5.41, 5.74) is 6.93. The summed E-state index contributed by atoms with van der Waals surface area (Å²) in [5.74, 6) is 0.229. The van der Waals surface area contributed by atoms with Crippen LogP contribution in [0.4, 0.5) is 21.8 Å². The Morgan fingerprint density at radius 1 is 1.41 bits per heavy atom. The van der Waals surface area contributed by atoms with Crippen molar-refractivity contribution in [1.82, 2.24) is 9.97 Å². The molecule has 3 N–H and O–H groups in total. The van der Waals surface area contributed by atoms with Gasteiger partial charge in [0, 0.05) is 5.69 Å². The maximum absolute atomic E-state index is 12.9. The summed E-state index contributed by atoms with van der Waals surface area (Å²) >= 11 is 5.91. The smallest absolute Gasteiger partial charge is 0.222 e. The third-order valence-corrected chi connectivity index (χ3v) is 2.48. The third kappa shape index (κ3) is 2.62. The maximum atomic E-state index is 12.9. The van der Waals surface area contributed by atoms with Gasteiger partial charge in [0.15, 0.2) is 5.82 Å². The van der Waals surface area contributed by atoms with E-state index >= 15 is 0 Å². The number of benzene rings is 1. The first kappa shape index (κ1) is 11.6. The summed E-state index contributed by atoms with van der Waals surface area (Å²) in [6.07, 6.45) is 1.41. The van der Waals surface area contributed by atoms with Crippen LogP contribution in [0.3, 0.4) is 0 Å². The molecule has 0 radical (unpaired) electrons. The van der Waals surface area contributed by atoms with Gasteiger partial charge in [-0.15, -0.1) is 0 Å². The van der Waals surface area contributed by atoms with Crippen molar-refractivity contribution in [2.75, 3.05) is 11.1 Å². The van der Waals surface area contributed by atoms with Gasteiger partial charge in [-0.2, -0.15) is 4.98 Å². The van der Waals surface area contributed by atoms with Gasteiger partial charge in [-0.25, -0.2) is 9.37 Å². The van der Waals surface area contributed by atoms with E-state index in [9.17, 15) is 4.39 Å². The highest BCUT2D eigenvalue weighted by Gasteiger charge is 2.06.